The molecule has 0 radical (unpaired) electrons. The van der Waals surface area contributed by atoms with Crippen LogP contribution in [-0.2, 0) is 16.0 Å². The highest BCUT2D eigenvalue weighted by atomic mass is 16.6. The maximum atomic E-state index is 14.6. The first-order chi connectivity index (χ1) is 21.6. The van der Waals surface area contributed by atoms with Crippen LogP contribution in [-0.4, -0.2) is 63.6 Å². The lowest BCUT2D eigenvalue weighted by atomic mass is 10.00. The summed E-state index contributed by atoms with van der Waals surface area (Å²) in [5.74, 6) is -0.161. The number of hydrogen-bond acceptors (Lipinski definition) is 4. The van der Waals surface area contributed by atoms with Gasteiger partial charge in [-0.05, 0) is 62.9 Å². The summed E-state index contributed by atoms with van der Waals surface area (Å²) >= 11 is 0. The van der Waals surface area contributed by atoms with E-state index in [2.05, 4.69) is 5.32 Å². The van der Waals surface area contributed by atoms with Crippen LogP contribution >= 0.6 is 0 Å². The van der Waals surface area contributed by atoms with Gasteiger partial charge in [0.1, 0.15) is 5.60 Å². The largest absolute Gasteiger partial charge is 0.444 e. The number of amides is 3. The van der Waals surface area contributed by atoms with Crippen molar-refractivity contribution in [2.75, 3.05) is 25.0 Å². The minimum atomic E-state index is -0.612. The highest BCUT2D eigenvalue weighted by molar-refractivity contribution is 6.01. The van der Waals surface area contributed by atoms with Crippen molar-refractivity contribution in [3.63, 3.8) is 0 Å². The number of ether oxygens (including phenoxy) is 1. The number of rotatable bonds is 8. The second kappa shape index (κ2) is 13.8. The van der Waals surface area contributed by atoms with E-state index in [0.29, 0.717) is 43.7 Å². The van der Waals surface area contributed by atoms with E-state index < -0.39 is 5.60 Å². The molecule has 3 amide bonds. The predicted molar refractivity (Wildman–Crippen MR) is 178 cm³/mol. The summed E-state index contributed by atoms with van der Waals surface area (Å²) < 4.78 is 7.67. The number of hydrogen-bond donors (Lipinski definition) is 1. The Balaban J connectivity index is 1.53. The molecule has 2 heterocycles. The SMILES string of the molecule is CCCC(=O)Nc1ccccc1-n1ccc(C(=O)N2CCN(C(=O)OC(C)(C)C)CC2Cc2ccccc2)c1-c1ccccc1. The van der Waals surface area contributed by atoms with Gasteiger partial charge in [0.15, 0.2) is 0 Å². The zero-order valence-electron chi connectivity index (χ0n) is 26.5. The summed E-state index contributed by atoms with van der Waals surface area (Å²) in [6.07, 6.45) is 3.29. The molecule has 234 valence electrons. The highest BCUT2D eigenvalue weighted by Crippen LogP contribution is 2.33. The fraction of sp³-hybridized carbons (Fsp3) is 0.324. The molecule has 1 saturated heterocycles. The maximum absolute atomic E-state index is 14.6. The van der Waals surface area contributed by atoms with E-state index in [9.17, 15) is 14.4 Å². The van der Waals surface area contributed by atoms with Gasteiger partial charge in [0.05, 0.1) is 28.7 Å². The molecule has 8 nitrogen and oxygen atoms in total. The van der Waals surface area contributed by atoms with Crippen LogP contribution in [0.2, 0.25) is 0 Å². The number of para-hydroxylation sites is 2. The van der Waals surface area contributed by atoms with E-state index >= 15 is 0 Å². The van der Waals surface area contributed by atoms with Crippen molar-refractivity contribution in [1.29, 1.82) is 0 Å². The summed E-state index contributed by atoms with van der Waals surface area (Å²) in [6, 6.07) is 29.1. The van der Waals surface area contributed by atoms with Crippen molar-refractivity contribution >= 4 is 23.6 Å². The average Bonchev–Trinajstić information content (AvgIpc) is 3.46. The smallest absolute Gasteiger partial charge is 0.410 e. The number of aromatic nitrogens is 1. The molecule has 3 aromatic carbocycles. The summed E-state index contributed by atoms with van der Waals surface area (Å²) in [4.78, 5) is 43.9. The molecule has 0 bridgehead atoms. The number of nitrogens with one attached hydrogen (secondary N) is 1. The summed E-state index contributed by atoms with van der Waals surface area (Å²) in [7, 11) is 0. The van der Waals surface area contributed by atoms with E-state index in [1.165, 1.54) is 0 Å². The van der Waals surface area contributed by atoms with Gasteiger partial charge in [0.25, 0.3) is 5.91 Å². The molecule has 1 aromatic heterocycles. The fourth-order valence-corrected chi connectivity index (χ4v) is 5.76. The van der Waals surface area contributed by atoms with Crippen LogP contribution in [0.1, 0.15) is 56.5 Å². The lowest BCUT2D eigenvalue weighted by Gasteiger charge is -2.42. The number of nitrogens with zero attached hydrogens (tertiary/aromatic N) is 3. The van der Waals surface area contributed by atoms with E-state index in [0.717, 1.165) is 28.9 Å². The molecule has 1 fully saturated rings. The van der Waals surface area contributed by atoms with Crippen molar-refractivity contribution < 1.29 is 19.1 Å². The van der Waals surface area contributed by atoms with Crippen LogP contribution in [0.15, 0.2) is 97.2 Å². The molecule has 8 heteroatoms. The fourth-order valence-electron chi connectivity index (χ4n) is 5.76. The molecule has 1 atom stereocenters. The minimum Gasteiger partial charge on any atom is -0.444 e. The molecular weight excluding hydrogens is 564 g/mol. The van der Waals surface area contributed by atoms with Gasteiger partial charge in [0.2, 0.25) is 5.91 Å². The van der Waals surface area contributed by atoms with Crippen LogP contribution in [0.5, 0.6) is 0 Å². The molecule has 1 aliphatic rings. The molecule has 1 N–H and O–H groups in total. The number of piperazine rings is 1. The van der Waals surface area contributed by atoms with Crippen LogP contribution in [0.3, 0.4) is 0 Å². The van der Waals surface area contributed by atoms with Crippen LogP contribution in [0.25, 0.3) is 16.9 Å². The molecule has 0 aliphatic carbocycles. The zero-order valence-corrected chi connectivity index (χ0v) is 26.5. The maximum Gasteiger partial charge on any atom is 0.410 e. The monoisotopic (exact) mass is 606 g/mol. The normalized spacial score (nSPS) is 15.1. The first kappa shape index (κ1) is 31.6. The number of benzene rings is 3. The molecule has 5 rings (SSSR count). The van der Waals surface area contributed by atoms with E-state index in [4.69, 9.17) is 4.74 Å². The van der Waals surface area contributed by atoms with Crippen LogP contribution in [0.4, 0.5) is 10.5 Å². The van der Waals surface area contributed by atoms with Crippen molar-refractivity contribution in [3.05, 3.63) is 108 Å². The number of anilines is 1. The van der Waals surface area contributed by atoms with Crippen molar-refractivity contribution in [2.45, 2.75) is 58.6 Å². The Morgan fingerprint density at radius 2 is 1.53 bits per heavy atom. The first-order valence-corrected chi connectivity index (χ1v) is 15.6. The second-order valence-corrected chi connectivity index (χ2v) is 12.4. The zero-order chi connectivity index (χ0) is 32.0. The Bertz CT molecular complexity index is 1630. The third-order valence-electron chi connectivity index (χ3n) is 7.79. The predicted octanol–water partition coefficient (Wildman–Crippen LogP) is 7.19. The Labute approximate surface area is 265 Å². The Morgan fingerprint density at radius 1 is 0.867 bits per heavy atom. The Morgan fingerprint density at radius 3 is 2.22 bits per heavy atom. The molecule has 4 aromatic rings. The number of carbonyl (C=O) groups is 3. The van der Waals surface area contributed by atoms with Gasteiger partial charge in [-0.15, -0.1) is 0 Å². The first-order valence-electron chi connectivity index (χ1n) is 15.6. The van der Waals surface area contributed by atoms with Gasteiger partial charge in [-0.2, -0.15) is 0 Å². The van der Waals surface area contributed by atoms with Crippen molar-refractivity contribution in [1.82, 2.24) is 14.4 Å². The quantitative estimate of drug-likeness (QED) is 0.230. The Hall–Kier alpha value is -4.85. The molecule has 1 unspecified atom stereocenters. The lowest BCUT2D eigenvalue weighted by molar-refractivity contribution is -0.116. The van der Waals surface area contributed by atoms with Crippen LogP contribution < -0.4 is 5.32 Å². The molecule has 0 saturated carbocycles. The summed E-state index contributed by atoms with van der Waals surface area (Å²) in [5, 5.41) is 3.05. The molecular formula is C37H42N4O4. The van der Waals surface area contributed by atoms with Gasteiger partial charge >= 0.3 is 6.09 Å². The van der Waals surface area contributed by atoms with Crippen LogP contribution in [0, 0.1) is 0 Å². The molecule has 1 aliphatic heterocycles. The molecule has 0 spiro atoms. The van der Waals surface area contributed by atoms with Gasteiger partial charge in [0, 0.05) is 32.3 Å². The van der Waals surface area contributed by atoms with Crippen molar-refractivity contribution in [2.24, 2.45) is 0 Å². The topological polar surface area (TPSA) is 83.9 Å². The van der Waals surface area contributed by atoms with Gasteiger partial charge < -0.3 is 24.4 Å². The van der Waals surface area contributed by atoms with E-state index in [1.807, 2.05) is 134 Å². The molecule has 45 heavy (non-hydrogen) atoms. The average molecular weight is 607 g/mol. The van der Waals surface area contributed by atoms with Gasteiger partial charge in [-0.25, -0.2) is 4.79 Å². The van der Waals surface area contributed by atoms with E-state index in [1.54, 1.807) is 4.90 Å². The third-order valence-corrected chi connectivity index (χ3v) is 7.79. The summed E-state index contributed by atoms with van der Waals surface area (Å²) in [5.41, 5.74) is 4.10. The van der Waals surface area contributed by atoms with Crippen molar-refractivity contribution in [3.8, 4) is 16.9 Å². The minimum absolute atomic E-state index is 0.0544. The summed E-state index contributed by atoms with van der Waals surface area (Å²) in [6.45, 7) is 8.66. The van der Waals surface area contributed by atoms with Gasteiger partial charge in [-0.1, -0.05) is 79.7 Å². The lowest BCUT2D eigenvalue weighted by Crippen LogP contribution is -2.57. The number of carbonyl (C=O) groups excluding carboxylic acids is 3. The Kier molecular flexibility index (Phi) is 9.71. The second-order valence-electron chi connectivity index (χ2n) is 12.4. The van der Waals surface area contributed by atoms with E-state index in [-0.39, 0.29) is 23.9 Å². The van der Waals surface area contributed by atoms with Gasteiger partial charge in [-0.3, -0.25) is 9.59 Å². The standard InChI is InChI=1S/C37H42N4O4/c1-5-14-33(42)38-31-19-12-13-20-32(31)41-22-21-30(34(41)28-17-10-7-11-18-28)35(43)40-24-23-39(36(44)45-37(2,3)4)26-29(40)25-27-15-8-6-9-16-27/h6-13,15-22,29H,5,14,23-26H2,1-4H3,(H,38,42). The highest BCUT2D eigenvalue weighted by Gasteiger charge is 2.36. The third kappa shape index (κ3) is 7.63.